The third kappa shape index (κ3) is 5.42. The minimum Gasteiger partial charge on any atom is -0.377 e. The molecule has 5 heteroatoms. The summed E-state index contributed by atoms with van der Waals surface area (Å²) in [6.07, 6.45) is 1.91. The van der Waals surface area contributed by atoms with E-state index in [-0.39, 0.29) is 11.7 Å². The van der Waals surface area contributed by atoms with Crippen molar-refractivity contribution in [2.45, 2.75) is 46.6 Å². The Morgan fingerprint density at radius 2 is 1.81 bits per heavy atom. The Morgan fingerprint density at radius 1 is 1.24 bits per heavy atom. The molecule has 0 heterocycles. The van der Waals surface area contributed by atoms with E-state index in [0.29, 0.717) is 23.1 Å². The van der Waals surface area contributed by atoms with Crippen molar-refractivity contribution in [2.24, 2.45) is 11.8 Å². The quantitative estimate of drug-likeness (QED) is 0.598. The number of rotatable bonds is 7. The first-order chi connectivity index (χ1) is 9.83. The van der Waals surface area contributed by atoms with Gasteiger partial charge in [0.1, 0.15) is 5.69 Å². The zero-order valence-corrected chi connectivity index (χ0v) is 13.1. The largest absolute Gasteiger partial charge is 0.377 e. The van der Waals surface area contributed by atoms with Gasteiger partial charge in [0.2, 0.25) is 0 Å². The summed E-state index contributed by atoms with van der Waals surface area (Å²) in [5.41, 5.74) is 0.758. The summed E-state index contributed by atoms with van der Waals surface area (Å²) >= 11 is 0. The molecule has 0 amide bonds. The van der Waals surface area contributed by atoms with Crippen molar-refractivity contribution < 1.29 is 4.92 Å². The predicted molar refractivity (Wildman–Crippen MR) is 84.1 cm³/mol. The van der Waals surface area contributed by atoms with Gasteiger partial charge < -0.3 is 5.32 Å². The molecule has 5 nitrogen and oxygen atoms in total. The van der Waals surface area contributed by atoms with Crippen LogP contribution in [0, 0.1) is 33.3 Å². The van der Waals surface area contributed by atoms with Crippen LogP contribution in [0.1, 0.15) is 46.1 Å². The van der Waals surface area contributed by atoms with E-state index in [4.69, 9.17) is 5.26 Å². The zero-order chi connectivity index (χ0) is 16.0. The standard InChI is InChI=1S/C16H23N3O2/c1-11(2)7-14(8-12(3)4)18-15-6-5-13(10-17)9-16(15)19(20)21/h5-6,9,11-12,14,18H,7-8H2,1-4H3. The van der Waals surface area contributed by atoms with Gasteiger partial charge in [0.15, 0.2) is 0 Å². The highest BCUT2D eigenvalue weighted by Gasteiger charge is 2.19. The molecule has 0 fully saturated rings. The van der Waals surface area contributed by atoms with Gasteiger partial charge in [-0.15, -0.1) is 0 Å². The number of hydrogen-bond acceptors (Lipinski definition) is 4. The molecule has 1 aromatic rings. The summed E-state index contributed by atoms with van der Waals surface area (Å²) in [6, 6.07) is 6.69. The number of nitrogens with zero attached hydrogens (tertiary/aromatic N) is 2. The number of nitriles is 1. The van der Waals surface area contributed by atoms with Crippen LogP contribution in [0.5, 0.6) is 0 Å². The lowest BCUT2D eigenvalue weighted by Gasteiger charge is -2.23. The smallest absolute Gasteiger partial charge is 0.293 e. The molecule has 1 N–H and O–H groups in total. The van der Waals surface area contributed by atoms with Crippen LogP contribution in [0.4, 0.5) is 11.4 Å². The van der Waals surface area contributed by atoms with Crippen molar-refractivity contribution in [3.05, 3.63) is 33.9 Å². The molecule has 0 aliphatic rings. The van der Waals surface area contributed by atoms with E-state index < -0.39 is 4.92 Å². The Hall–Kier alpha value is -2.09. The highest BCUT2D eigenvalue weighted by atomic mass is 16.6. The average Bonchev–Trinajstić information content (AvgIpc) is 2.37. The normalized spacial score (nSPS) is 11.0. The Morgan fingerprint density at radius 3 is 2.24 bits per heavy atom. The lowest BCUT2D eigenvalue weighted by atomic mass is 9.95. The summed E-state index contributed by atoms with van der Waals surface area (Å²) in [6.45, 7) is 8.56. The fraction of sp³-hybridized carbons (Fsp3) is 0.562. The van der Waals surface area contributed by atoms with Gasteiger partial charge in [-0.3, -0.25) is 10.1 Å². The third-order valence-electron chi connectivity index (χ3n) is 3.19. The van der Waals surface area contributed by atoms with Gasteiger partial charge in [0.25, 0.3) is 5.69 Å². The topological polar surface area (TPSA) is 79.0 Å². The van der Waals surface area contributed by atoms with E-state index >= 15 is 0 Å². The van der Waals surface area contributed by atoms with Gasteiger partial charge in [0, 0.05) is 12.1 Å². The average molecular weight is 289 g/mol. The van der Waals surface area contributed by atoms with Crippen LogP contribution in [0.25, 0.3) is 0 Å². The van der Waals surface area contributed by atoms with Gasteiger partial charge in [-0.2, -0.15) is 5.26 Å². The Balaban J connectivity index is 3.02. The van der Waals surface area contributed by atoms with Crippen LogP contribution in [-0.2, 0) is 0 Å². The number of benzene rings is 1. The fourth-order valence-corrected chi connectivity index (χ4v) is 2.45. The highest BCUT2D eigenvalue weighted by Crippen LogP contribution is 2.28. The molecule has 0 aliphatic heterocycles. The summed E-state index contributed by atoms with van der Waals surface area (Å²) in [7, 11) is 0. The molecule has 114 valence electrons. The molecule has 0 saturated carbocycles. The molecule has 0 aromatic heterocycles. The molecular weight excluding hydrogens is 266 g/mol. The monoisotopic (exact) mass is 289 g/mol. The Bertz CT molecular complexity index is 523. The maximum Gasteiger partial charge on any atom is 0.293 e. The fourth-order valence-electron chi connectivity index (χ4n) is 2.45. The van der Waals surface area contributed by atoms with Crippen molar-refractivity contribution >= 4 is 11.4 Å². The minimum absolute atomic E-state index is 0.0356. The maximum absolute atomic E-state index is 11.2. The van der Waals surface area contributed by atoms with Crippen LogP contribution >= 0.6 is 0 Å². The third-order valence-corrected chi connectivity index (χ3v) is 3.19. The molecule has 0 bridgehead atoms. The number of nitro benzene ring substituents is 1. The number of nitro groups is 1. The van der Waals surface area contributed by atoms with Gasteiger partial charge in [-0.25, -0.2) is 0 Å². The van der Waals surface area contributed by atoms with E-state index in [1.807, 2.05) is 6.07 Å². The highest BCUT2D eigenvalue weighted by molar-refractivity contribution is 5.64. The van der Waals surface area contributed by atoms with E-state index in [2.05, 4.69) is 33.0 Å². The second-order valence-corrected chi connectivity index (χ2v) is 6.20. The molecule has 0 spiro atoms. The molecular formula is C16H23N3O2. The first-order valence-electron chi connectivity index (χ1n) is 7.28. The maximum atomic E-state index is 11.2. The SMILES string of the molecule is CC(C)CC(CC(C)C)Nc1ccc(C#N)cc1[N+](=O)[O-]. The first kappa shape index (κ1) is 17.0. The number of nitrogens with one attached hydrogen (secondary N) is 1. The molecule has 0 unspecified atom stereocenters. The molecule has 0 atom stereocenters. The van der Waals surface area contributed by atoms with Crippen LogP contribution in [-0.4, -0.2) is 11.0 Å². The molecule has 21 heavy (non-hydrogen) atoms. The van der Waals surface area contributed by atoms with Crippen LogP contribution < -0.4 is 5.32 Å². The molecule has 0 saturated heterocycles. The Labute approximate surface area is 126 Å². The zero-order valence-electron chi connectivity index (χ0n) is 13.1. The van der Waals surface area contributed by atoms with Crippen molar-refractivity contribution in [2.75, 3.05) is 5.32 Å². The van der Waals surface area contributed by atoms with Crippen molar-refractivity contribution in [1.29, 1.82) is 5.26 Å². The van der Waals surface area contributed by atoms with Gasteiger partial charge in [-0.1, -0.05) is 27.7 Å². The lowest BCUT2D eigenvalue weighted by Crippen LogP contribution is -2.24. The van der Waals surface area contributed by atoms with Crippen molar-refractivity contribution in [3.63, 3.8) is 0 Å². The van der Waals surface area contributed by atoms with E-state index in [9.17, 15) is 10.1 Å². The van der Waals surface area contributed by atoms with Gasteiger partial charge >= 0.3 is 0 Å². The second-order valence-electron chi connectivity index (χ2n) is 6.20. The molecule has 0 radical (unpaired) electrons. The summed E-state index contributed by atoms with van der Waals surface area (Å²) in [4.78, 5) is 10.7. The lowest BCUT2D eigenvalue weighted by molar-refractivity contribution is -0.384. The summed E-state index contributed by atoms with van der Waals surface area (Å²) in [5.74, 6) is 1.03. The van der Waals surface area contributed by atoms with Crippen molar-refractivity contribution in [3.8, 4) is 6.07 Å². The van der Waals surface area contributed by atoms with Crippen molar-refractivity contribution in [1.82, 2.24) is 0 Å². The van der Waals surface area contributed by atoms with Gasteiger partial charge in [-0.05, 0) is 36.8 Å². The Kier molecular flexibility index (Phi) is 6.16. The van der Waals surface area contributed by atoms with E-state index in [1.165, 1.54) is 6.07 Å². The number of anilines is 1. The van der Waals surface area contributed by atoms with E-state index in [0.717, 1.165) is 12.8 Å². The summed E-state index contributed by atoms with van der Waals surface area (Å²) < 4.78 is 0. The molecule has 0 aliphatic carbocycles. The van der Waals surface area contributed by atoms with Crippen LogP contribution in [0.15, 0.2) is 18.2 Å². The molecule has 1 aromatic carbocycles. The first-order valence-corrected chi connectivity index (χ1v) is 7.28. The minimum atomic E-state index is -0.440. The summed E-state index contributed by atoms with van der Waals surface area (Å²) in [5, 5.41) is 23.3. The van der Waals surface area contributed by atoms with Crippen LogP contribution in [0.2, 0.25) is 0 Å². The van der Waals surface area contributed by atoms with Gasteiger partial charge in [0.05, 0.1) is 16.6 Å². The number of hydrogen-bond donors (Lipinski definition) is 1. The predicted octanol–water partition coefficient (Wildman–Crippen LogP) is 4.34. The van der Waals surface area contributed by atoms with E-state index in [1.54, 1.807) is 12.1 Å². The second kappa shape index (κ2) is 7.63. The molecule has 1 rings (SSSR count). The van der Waals surface area contributed by atoms with Crippen LogP contribution in [0.3, 0.4) is 0 Å².